The molecule has 9 nitrogen and oxygen atoms in total. The maximum Gasteiger partial charge on any atom is 0.245 e. The van der Waals surface area contributed by atoms with Gasteiger partial charge in [0.15, 0.2) is 0 Å². The van der Waals surface area contributed by atoms with Gasteiger partial charge >= 0.3 is 0 Å². The van der Waals surface area contributed by atoms with E-state index in [2.05, 4.69) is 26.6 Å². The molecule has 0 bridgehead atoms. The van der Waals surface area contributed by atoms with E-state index in [-0.39, 0.29) is 23.7 Å². The van der Waals surface area contributed by atoms with E-state index >= 15 is 0 Å². The molecule has 37 heavy (non-hydrogen) atoms. The molecule has 4 heterocycles. The number of nitrogens with zero attached hydrogens (tertiary/aromatic N) is 2. The number of rotatable bonds is 3. The average Bonchev–Trinajstić information content (AvgIpc) is 3.62. The first-order valence-corrected chi connectivity index (χ1v) is 14.2. The van der Waals surface area contributed by atoms with Gasteiger partial charge in [0.2, 0.25) is 17.7 Å². The van der Waals surface area contributed by atoms with E-state index in [1.165, 1.54) is 0 Å². The van der Waals surface area contributed by atoms with E-state index in [0.717, 1.165) is 51.0 Å². The number of nitrogens with one attached hydrogen (secondary N) is 4. The van der Waals surface area contributed by atoms with Crippen LogP contribution in [0.4, 0.5) is 0 Å². The van der Waals surface area contributed by atoms with Crippen molar-refractivity contribution in [1.29, 1.82) is 0 Å². The van der Waals surface area contributed by atoms with Crippen molar-refractivity contribution in [3.63, 3.8) is 0 Å². The van der Waals surface area contributed by atoms with E-state index in [0.29, 0.717) is 59.5 Å². The van der Waals surface area contributed by atoms with Crippen molar-refractivity contribution in [2.24, 2.45) is 29.6 Å². The van der Waals surface area contributed by atoms with Crippen molar-refractivity contribution in [3.8, 4) is 0 Å². The normalized spacial score (nSPS) is 40.5. The van der Waals surface area contributed by atoms with Gasteiger partial charge in [0.05, 0.1) is 5.92 Å². The minimum atomic E-state index is -0.435. The first-order valence-electron chi connectivity index (χ1n) is 13.9. The van der Waals surface area contributed by atoms with E-state index in [9.17, 15) is 14.4 Å². The third kappa shape index (κ3) is 4.06. The Bertz CT molecular complexity index is 1080. The lowest BCUT2D eigenvalue weighted by molar-refractivity contribution is -0.138. The molecule has 3 amide bonds. The molecule has 1 aromatic rings. The number of amides is 3. The molecule has 4 N–H and O–H groups in total. The molecule has 10 heteroatoms. The average molecular weight is 527 g/mol. The van der Waals surface area contributed by atoms with Crippen LogP contribution in [0.1, 0.15) is 43.6 Å². The number of carbonyl (C=O) groups is 3. The Balaban J connectivity index is 0.923. The number of piperidine rings is 1. The summed E-state index contributed by atoms with van der Waals surface area (Å²) >= 11 is 5.99. The van der Waals surface area contributed by atoms with Crippen molar-refractivity contribution >= 4 is 29.3 Å². The predicted molar refractivity (Wildman–Crippen MR) is 137 cm³/mol. The topological polar surface area (TPSA) is 106 Å². The van der Waals surface area contributed by atoms with Gasteiger partial charge in [-0.1, -0.05) is 23.7 Å². The fourth-order valence-corrected chi connectivity index (χ4v) is 8.30. The number of hydrogen-bond acceptors (Lipinski definition) is 6. The molecule has 2 saturated carbocycles. The highest BCUT2D eigenvalue weighted by Crippen LogP contribution is 2.54. The highest BCUT2D eigenvalue weighted by Gasteiger charge is 2.60. The van der Waals surface area contributed by atoms with Crippen LogP contribution in [0.25, 0.3) is 0 Å². The molecule has 1 aromatic carbocycles. The molecule has 2 aliphatic carbocycles. The summed E-state index contributed by atoms with van der Waals surface area (Å²) < 4.78 is 0. The first kappa shape index (κ1) is 23.9. The third-order valence-corrected chi connectivity index (χ3v) is 10.5. The Morgan fingerprint density at radius 3 is 2.05 bits per heavy atom. The van der Waals surface area contributed by atoms with E-state index < -0.39 is 6.04 Å². The highest BCUT2D eigenvalue weighted by atomic mass is 35.5. The molecule has 6 fully saturated rings. The van der Waals surface area contributed by atoms with Gasteiger partial charge in [0.1, 0.15) is 6.04 Å². The Morgan fingerprint density at radius 1 is 0.784 bits per heavy atom. The quantitative estimate of drug-likeness (QED) is 0.468. The first-order chi connectivity index (χ1) is 18.0. The number of fused-ring (bicyclic) bond motifs is 5. The molecule has 6 aliphatic rings. The largest absolute Gasteiger partial charge is 0.344 e. The minimum Gasteiger partial charge on any atom is -0.344 e. The zero-order chi connectivity index (χ0) is 25.3. The Hall–Kier alpha value is -2.20. The van der Waals surface area contributed by atoms with Crippen LogP contribution in [0.5, 0.6) is 0 Å². The molecule has 5 unspecified atom stereocenters. The molecular formula is C27H35ClN6O3. The molecule has 9 atom stereocenters. The van der Waals surface area contributed by atoms with Crippen LogP contribution < -0.4 is 21.7 Å². The number of hydrazine groups is 2. The minimum absolute atomic E-state index is 0.0614. The van der Waals surface area contributed by atoms with Crippen LogP contribution in [-0.4, -0.2) is 71.8 Å². The van der Waals surface area contributed by atoms with Gasteiger partial charge < -0.3 is 15.1 Å². The lowest BCUT2D eigenvalue weighted by atomic mass is 9.60. The summed E-state index contributed by atoms with van der Waals surface area (Å²) in [5.41, 5.74) is 10.5. The number of hydrogen-bond donors (Lipinski definition) is 4. The summed E-state index contributed by atoms with van der Waals surface area (Å²) in [6, 6.07) is 7.70. The second kappa shape index (κ2) is 9.22. The maximum absolute atomic E-state index is 13.4. The Kier molecular flexibility index (Phi) is 5.95. The van der Waals surface area contributed by atoms with Crippen LogP contribution in [0, 0.1) is 29.6 Å². The lowest BCUT2D eigenvalue weighted by Crippen LogP contribution is -2.52. The van der Waals surface area contributed by atoms with E-state index in [4.69, 9.17) is 11.6 Å². The number of halogens is 1. The summed E-state index contributed by atoms with van der Waals surface area (Å²) in [7, 11) is 0. The number of likely N-dealkylation sites (tertiary alicyclic amines) is 2. The second-order valence-electron chi connectivity index (χ2n) is 12.0. The Morgan fingerprint density at radius 2 is 1.41 bits per heavy atom. The molecule has 198 valence electrons. The van der Waals surface area contributed by atoms with Crippen LogP contribution in [0.15, 0.2) is 24.3 Å². The van der Waals surface area contributed by atoms with E-state index in [1.807, 2.05) is 17.0 Å². The number of carbonyl (C=O) groups excluding carboxylic acids is 3. The lowest BCUT2D eigenvalue weighted by Gasteiger charge is -2.42. The van der Waals surface area contributed by atoms with Gasteiger partial charge in [0, 0.05) is 49.2 Å². The zero-order valence-corrected chi connectivity index (χ0v) is 21.6. The van der Waals surface area contributed by atoms with Gasteiger partial charge in [0.25, 0.3) is 0 Å². The third-order valence-electron chi connectivity index (χ3n) is 10.2. The van der Waals surface area contributed by atoms with Gasteiger partial charge in [-0.2, -0.15) is 5.53 Å². The van der Waals surface area contributed by atoms with Gasteiger partial charge in [-0.05, 0) is 73.5 Å². The molecule has 0 aromatic heterocycles. The predicted octanol–water partition coefficient (Wildman–Crippen LogP) is 1.01. The second-order valence-corrected chi connectivity index (χ2v) is 12.5. The Labute approximate surface area is 222 Å². The summed E-state index contributed by atoms with van der Waals surface area (Å²) in [6.45, 7) is 3.19. The molecule has 4 aliphatic heterocycles. The standard InChI is InChI=1S/C27H35ClN6O3/c28-16-4-1-14(2-5-16)17-6-8-23(29-25(17)35)27(37)34-12-20-18-10-33(11-19(18)21(20)13-34)26(36)15-3-7-22-24(9-15)31-32-30-22/h1-2,4-5,15,17-24,30-32H,3,6-13H2,(H,29,35)/t15?,17?,18-,19+,20+,21-,22?,23?,24?. The SMILES string of the molecule is O=C1NC(C(=O)N2C[C@@H]3[C@H]4CN(C(=O)C5CCC6NNNC6C5)C[C@H]4[C@@H]3C2)CCC1c1ccc(Cl)cc1. The van der Waals surface area contributed by atoms with Crippen molar-refractivity contribution in [2.75, 3.05) is 26.2 Å². The van der Waals surface area contributed by atoms with Crippen LogP contribution in [-0.2, 0) is 14.4 Å². The molecule has 4 saturated heterocycles. The zero-order valence-electron chi connectivity index (χ0n) is 20.9. The van der Waals surface area contributed by atoms with E-state index in [1.54, 1.807) is 12.1 Å². The van der Waals surface area contributed by atoms with Gasteiger partial charge in [-0.25, -0.2) is 10.9 Å². The van der Waals surface area contributed by atoms with Crippen LogP contribution in [0.3, 0.4) is 0 Å². The van der Waals surface area contributed by atoms with Gasteiger partial charge in [-0.15, -0.1) is 0 Å². The molecule has 0 radical (unpaired) electrons. The molecule has 0 spiro atoms. The summed E-state index contributed by atoms with van der Waals surface area (Å²) in [6.07, 6.45) is 4.17. The summed E-state index contributed by atoms with van der Waals surface area (Å²) in [5, 5.41) is 3.65. The number of benzene rings is 1. The smallest absolute Gasteiger partial charge is 0.245 e. The summed E-state index contributed by atoms with van der Waals surface area (Å²) in [4.78, 5) is 43.6. The van der Waals surface area contributed by atoms with Crippen molar-refractivity contribution in [3.05, 3.63) is 34.9 Å². The van der Waals surface area contributed by atoms with Crippen molar-refractivity contribution in [2.45, 2.75) is 56.1 Å². The van der Waals surface area contributed by atoms with Crippen molar-refractivity contribution in [1.82, 2.24) is 31.5 Å². The highest BCUT2D eigenvalue weighted by molar-refractivity contribution is 6.30. The molecular weight excluding hydrogens is 492 g/mol. The van der Waals surface area contributed by atoms with Crippen molar-refractivity contribution < 1.29 is 14.4 Å². The monoisotopic (exact) mass is 526 g/mol. The fraction of sp³-hybridized carbons (Fsp3) is 0.667. The fourth-order valence-electron chi connectivity index (χ4n) is 8.17. The van der Waals surface area contributed by atoms with Gasteiger partial charge in [-0.3, -0.25) is 14.4 Å². The summed E-state index contributed by atoms with van der Waals surface area (Å²) in [5.74, 6) is 2.16. The van der Waals surface area contributed by atoms with Crippen LogP contribution in [0.2, 0.25) is 5.02 Å². The van der Waals surface area contributed by atoms with Crippen LogP contribution >= 0.6 is 11.6 Å². The maximum atomic E-state index is 13.4. The molecule has 7 rings (SSSR count).